The van der Waals surface area contributed by atoms with Crippen LogP contribution in [-0.4, -0.2) is 66.8 Å². The topological polar surface area (TPSA) is 52.7 Å². The van der Waals surface area contributed by atoms with Crippen molar-refractivity contribution in [2.75, 3.05) is 39.8 Å². The number of piperazine rings is 1. The lowest BCUT2D eigenvalue weighted by atomic mass is 10.1. The summed E-state index contributed by atoms with van der Waals surface area (Å²) in [7, 11) is 2.19. The second kappa shape index (κ2) is 6.43. The number of hydrogen-bond acceptors (Lipinski definition) is 4. The number of aliphatic hydroxyl groups is 1. The highest BCUT2D eigenvalue weighted by molar-refractivity contribution is 4.81. The third kappa shape index (κ3) is 4.07. The first-order valence-corrected chi connectivity index (χ1v) is 5.96. The van der Waals surface area contributed by atoms with Gasteiger partial charge in [-0.1, -0.05) is 6.92 Å². The molecule has 0 aliphatic carbocycles. The molecule has 1 aliphatic heterocycles. The van der Waals surface area contributed by atoms with E-state index < -0.39 is 0 Å². The Balaban J connectivity index is 2.31. The van der Waals surface area contributed by atoms with E-state index in [-0.39, 0.29) is 12.6 Å². The summed E-state index contributed by atoms with van der Waals surface area (Å²) in [4.78, 5) is 4.85. The number of aliphatic hydroxyl groups excluding tert-OH is 1. The number of nitrogens with zero attached hydrogens (tertiary/aromatic N) is 2. The summed E-state index contributed by atoms with van der Waals surface area (Å²) in [5, 5.41) is 8.80. The SMILES string of the molecule is CCC1CN(CC(N)CCO)CCN1C. The zero-order chi connectivity index (χ0) is 11.3. The van der Waals surface area contributed by atoms with Gasteiger partial charge in [-0.05, 0) is 19.9 Å². The molecule has 1 heterocycles. The van der Waals surface area contributed by atoms with Crippen LogP contribution in [0.2, 0.25) is 0 Å². The van der Waals surface area contributed by atoms with Crippen molar-refractivity contribution in [3.8, 4) is 0 Å². The van der Waals surface area contributed by atoms with E-state index in [0.29, 0.717) is 12.5 Å². The summed E-state index contributed by atoms with van der Waals surface area (Å²) >= 11 is 0. The van der Waals surface area contributed by atoms with Crippen molar-refractivity contribution in [2.24, 2.45) is 5.73 Å². The summed E-state index contributed by atoms with van der Waals surface area (Å²) in [6.45, 7) is 6.71. The number of rotatable bonds is 5. The Labute approximate surface area is 93.0 Å². The predicted molar refractivity (Wildman–Crippen MR) is 62.8 cm³/mol. The molecule has 1 aliphatic rings. The maximum absolute atomic E-state index is 8.80. The van der Waals surface area contributed by atoms with E-state index in [2.05, 4.69) is 23.8 Å². The minimum Gasteiger partial charge on any atom is -0.396 e. The van der Waals surface area contributed by atoms with Crippen LogP contribution in [0.15, 0.2) is 0 Å². The van der Waals surface area contributed by atoms with Crippen LogP contribution < -0.4 is 5.73 Å². The first kappa shape index (κ1) is 12.9. The van der Waals surface area contributed by atoms with Crippen LogP contribution in [0, 0.1) is 0 Å². The van der Waals surface area contributed by atoms with Crippen molar-refractivity contribution in [3.05, 3.63) is 0 Å². The predicted octanol–water partition coefficient (Wildman–Crippen LogP) is -0.278. The zero-order valence-corrected chi connectivity index (χ0v) is 10.0. The molecule has 2 unspecified atom stereocenters. The number of hydrogen-bond donors (Lipinski definition) is 2. The van der Waals surface area contributed by atoms with Crippen LogP contribution in [0.3, 0.4) is 0 Å². The maximum atomic E-state index is 8.80. The van der Waals surface area contributed by atoms with Gasteiger partial charge in [0.2, 0.25) is 0 Å². The first-order chi connectivity index (χ1) is 7.17. The van der Waals surface area contributed by atoms with Gasteiger partial charge in [0.15, 0.2) is 0 Å². The van der Waals surface area contributed by atoms with E-state index in [0.717, 1.165) is 26.2 Å². The third-order valence-corrected chi connectivity index (χ3v) is 3.33. The third-order valence-electron chi connectivity index (χ3n) is 3.33. The van der Waals surface area contributed by atoms with Gasteiger partial charge in [0.25, 0.3) is 0 Å². The fourth-order valence-electron chi connectivity index (χ4n) is 2.21. The van der Waals surface area contributed by atoms with E-state index in [1.165, 1.54) is 6.42 Å². The Morgan fingerprint density at radius 1 is 1.47 bits per heavy atom. The summed E-state index contributed by atoms with van der Waals surface area (Å²) in [6, 6.07) is 0.788. The van der Waals surface area contributed by atoms with Gasteiger partial charge in [-0.2, -0.15) is 0 Å². The summed E-state index contributed by atoms with van der Waals surface area (Å²) in [5.74, 6) is 0. The van der Waals surface area contributed by atoms with Crippen LogP contribution in [0.5, 0.6) is 0 Å². The highest BCUT2D eigenvalue weighted by Gasteiger charge is 2.23. The molecule has 0 spiro atoms. The lowest BCUT2D eigenvalue weighted by Crippen LogP contribution is -2.53. The Morgan fingerprint density at radius 3 is 2.80 bits per heavy atom. The van der Waals surface area contributed by atoms with Gasteiger partial charge in [-0.3, -0.25) is 4.90 Å². The molecule has 0 aromatic rings. The minimum absolute atomic E-state index is 0.121. The molecular formula is C11H25N3O. The molecule has 1 fully saturated rings. The maximum Gasteiger partial charge on any atom is 0.0446 e. The van der Waals surface area contributed by atoms with Gasteiger partial charge in [-0.15, -0.1) is 0 Å². The van der Waals surface area contributed by atoms with Crippen LogP contribution in [-0.2, 0) is 0 Å². The van der Waals surface area contributed by atoms with E-state index in [1.807, 2.05) is 0 Å². The molecule has 4 heteroatoms. The molecule has 0 radical (unpaired) electrons. The molecule has 4 nitrogen and oxygen atoms in total. The van der Waals surface area contributed by atoms with Crippen molar-refractivity contribution in [1.29, 1.82) is 0 Å². The highest BCUT2D eigenvalue weighted by atomic mass is 16.3. The highest BCUT2D eigenvalue weighted by Crippen LogP contribution is 2.10. The summed E-state index contributed by atoms with van der Waals surface area (Å²) in [5.41, 5.74) is 5.92. The largest absolute Gasteiger partial charge is 0.396 e. The fraction of sp³-hybridized carbons (Fsp3) is 1.00. The van der Waals surface area contributed by atoms with Gasteiger partial charge in [0.05, 0.1) is 0 Å². The van der Waals surface area contributed by atoms with E-state index in [9.17, 15) is 0 Å². The van der Waals surface area contributed by atoms with Crippen LogP contribution in [0.4, 0.5) is 0 Å². The molecule has 15 heavy (non-hydrogen) atoms. The Morgan fingerprint density at radius 2 is 2.20 bits per heavy atom. The first-order valence-electron chi connectivity index (χ1n) is 5.96. The molecular weight excluding hydrogens is 190 g/mol. The molecule has 0 aromatic carbocycles. The molecule has 90 valence electrons. The number of nitrogens with two attached hydrogens (primary N) is 1. The average molecular weight is 215 g/mol. The van der Waals surface area contributed by atoms with Crippen LogP contribution in [0.25, 0.3) is 0 Å². The Hall–Kier alpha value is -0.160. The van der Waals surface area contributed by atoms with Gasteiger partial charge in [0, 0.05) is 44.9 Å². The van der Waals surface area contributed by atoms with Crippen molar-refractivity contribution >= 4 is 0 Å². The van der Waals surface area contributed by atoms with Gasteiger partial charge >= 0.3 is 0 Å². The van der Waals surface area contributed by atoms with E-state index in [1.54, 1.807) is 0 Å². The summed E-state index contributed by atoms with van der Waals surface area (Å²) in [6.07, 6.45) is 1.91. The van der Waals surface area contributed by atoms with E-state index >= 15 is 0 Å². The molecule has 0 saturated carbocycles. The molecule has 2 atom stereocenters. The van der Waals surface area contributed by atoms with Crippen molar-refractivity contribution in [2.45, 2.75) is 31.8 Å². The summed E-state index contributed by atoms with van der Waals surface area (Å²) < 4.78 is 0. The second-order valence-electron chi connectivity index (χ2n) is 4.57. The lowest BCUT2D eigenvalue weighted by Gasteiger charge is -2.40. The molecule has 1 rings (SSSR count). The molecule has 0 aromatic heterocycles. The van der Waals surface area contributed by atoms with Gasteiger partial charge in [0.1, 0.15) is 0 Å². The average Bonchev–Trinajstić information content (AvgIpc) is 2.21. The monoisotopic (exact) mass is 215 g/mol. The van der Waals surface area contributed by atoms with Gasteiger partial charge in [-0.25, -0.2) is 0 Å². The van der Waals surface area contributed by atoms with Crippen LogP contribution in [0.1, 0.15) is 19.8 Å². The zero-order valence-electron chi connectivity index (χ0n) is 10.0. The second-order valence-corrected chi connectivity index (χ2v) is 4.57. The van der Waals surface area contributed by atoms with E-state index in [4.69, 9.17) is 10.8 Å². The standard InChI is InChI=1S/C11H25N3O/c1-3-11-9-14(6-5-13(11)2)8-10(12)4-7-15/h10-11,15H,3-9,12H2,1-2H3. The normalized spacial score (nSPS) is 26.8. The smallest absolute Gasteiger partial charge is 0.0446 e. The molecule has 3 N–H and O–H groups in total. The fourth-order valence-corrected chi connectivity index (χ4v) is 2.21. The van der Waals surface area contributed by atoms with Crippen molar-refractivity contribution in [1.82, 2.24) is 9.80 Å². The van der Waals surface area contributed by atoms with Crippen molar-refractivity contribution in [3.63, 3.8) is 0 Å². The quantitative estimate of drug-likeness (QED) is 0.662. The van der Waals surface area contributed by atoms with Crippen molar-refractivity contribution < 1.29 is 5.11 Å². The van der Waals surface area contributed by atoms with Gasteiger partial charge < -0.3 is 15.7 Å². The molecule has 0 bridgehead atoms. The Bertz CT molecular complexity index is 177. The lowest BCUT2D eigenvalue weighted by molar-refractivity contribution is 0.0866. The van der Waals surface area contributed by atoms with Crippen LogP contribution >= 0.6 is 0 Å². The molecule has 1 saturated heterocycles. The Kier molecular flexibility index (Phi) is 5.53. The molecule has 0 amide bonds. The minimum atomic E-state index is 0.121. The number of likely N-dealkylation sites (N-methyl/N-ethyl adjacent to an activating group) is 1.